The molecule has 42 valence electrons. The predicted octanol–water partition coefficient (Wildman–Crippen LogP) is 0.308. The highest BCUT2D eigenvalue weighted by Gasteiger charge is 2.22. The lowest BCUT2D eigenvalue weighted by Crippen LogP contribution is -2.09. The Morgan fingerprint density at radius 3 is 3.62 bits per heavy atom. The van der Waals surface area contributed by atoms with Gasteiger partial charge in [-0.3, -0.25) is 0 Å². The summed E-state index contributed by atoms with van der Waals surface area (Å²) in [5.41, 5.74) is 1.34. The lowest BCUT2D eigenvalue weighted by molar-refractivity contribution is 0.766. The summed E-state index contributed by atoms with van der Waals surface area (Å²) in [4.78, 5) is 0. The van der Waals surface area contributed by atoms with E-state index >= 15 is 0 Å². The fourth-order valence-electron chi connectivity index (χ4n) is 1.04. The van der Waals surface area contributed by atoms with E-state index in [1.165, 1.54) is 5.57 Å². The van der Waals surface area contributed by atoms with Crippen LogP contribution in [0.2, 0.25) is 0 Å². The van der Waals surface area contributed by atoms with Gasteiger partial charge in [-0.1, -0.05) is 0 Å². The van der Waals surface area contributed by atoms with Gasteiger partial charge >= 0.3 is 0 Å². The normalized spacial score (nSPS) is 33.0. The fraction of sp³-hybridized carbons (Fsp3) is 0.600. The zero-order chi connectivity index (χ0) is 5.40. The molecule has 0 aromatic rings. The molecule has 1 fully saturated rings. The van der Waals surface area contributed by atoms with E-state index in [0.717, 1.165) is 13.1 Å². The lowest BCUT2D eigenvalue weighted by atomic mass is 10.2. The second-order valence-corrected chi connectivity index (χ2v) is 2.08. The lowest BCUT2D eigenvalue weighted by Gasteiger charge is -1.91. The highest BCUT2D eigenvalue weighted by Crippen LogP contribution is 2.16. The molecule has 0 unspecified atom stereocenters. The minimum absolute atomic E-state index is 0.384. The van der Waals surface area contributed by atoms with Gasteiger partial charge in [-0.05, 0) is 5.57 Å². The molecule has 8 heavy (non-hydrogen) atoms. The molecule has 2 aliphatic rings. The number of azo groups is 1. The van der Waals surface area contributed by atoms with E-state index in [1.54, 1.807) is 0 Å². The van der Waals surface area contributed by atoms with Gasteiger partial charge in [-0.2, -0.15) is 10.2 Å². The van der Waals surface area contributed by atoms with Crippen molar-refractivity contribution in [3.8, 4) is 0 Å². The first-order valence-electron chi connectivity index (χ1n) is 2.76. The third-order valence-electron chi connectivity index (χ3n) is 1.52. The smallest absolute Gasteiger partial charge is 0.108 e. The van der Waals surface area contributed by atoms with Gasteiger partial charge in [-0.15, -0.1) is 0 Å². The van der Waals surface area contributed by atoms with Gasteiger partial charge in [0, 0.05) is 13.1 Å². The maximum Gasteiger partial charge on any atom is 0.108 e. The van der Waals surface area contributed by atoms with Crippen LogP contribution in [0, 0.1) is 0 Å². The topological polar surface area (TPSA) is 36.8 Å². The van der Waals surface area contributed by atoms with Crippen LogP contribution >= 0.6 is 0 Å². The Kier molecular flexibility index (Phi) is 0.729. The zero-order valence-electron chi connectivity index (χ0n) is 4.46. The molecule has 0 saturated carbocycles. The van der Waals surface area contributed by atoms with Gasteiger partial charge in [0.1, 0.15) is 6.04 Å². The van der Waals surface area contributed by atoms with Crippen LogP contribution in [0.5, 0.6) is 0 Å². The number of nitrogens with zero attached hydrogens (tertiary/aromatic N) is 2. The SMILES string of the molecule is C1=C2CNC[C@@H]2N=N1. The highest BCUT2D eigenvalue weighted by molar-refractivity contribution is 5.20. The minimum Gasteiger partial charge on any atom is -0.310 e. The van der Waals surface area contributed by atoms with Crippen LogP contribution in [0.3, 0.4) is 0 Å². The van der Waals surface area contributed by atoms with Crippen molar-refractivity contribution in [3.63, 3.8) is 0 Å². The third-order valence-corrected chi connectivity index (χ3v) is 1.52. The van der Waals surface area contributed by atoms with E-state index in [9.17, 15) is 0 Å². The number of hydrogen-bond donors (Lipinski definition) is 1. The Labute approximate surface area is 47.5 Å². The molecular weight excluding hydrogens is 102 g/mol. The summed E-state index contributed by atoms with van der Waals surface area (Å²) in [5.74, 6) is 0. The summed E-state index contributed by atoms with van der Waals surface area (Å²) in [5, 5.41) is 11.0. The van der Waals surface area contributed by atoms with Crippen LogP contribution in [0.1, 0.15) is 0 Å². The summed E-state index contributed by atoms with van der Waals surface area (Å²) in [6.07, 6.45) is 1.85. The van der Waals surface area contributed by atoms with Crippen LogP contribution in [0.4, 0.5) is 0 Å². The highest BCUT2D eigenvalue weighted by atomic mass is 15.2. The molecule has 0 spiro atoms. The van der Waals surface area contributed by atoms with Gasteiger partial charge < -0.3 is 5.32 Å². The molecular formula is C5H7N3. The summed E-state index contributed by atoms with van der Waals surface area (Å²) < 4.78 is 0. The molecule has 0 amide bonds. The quantitative estimate of drug-likeness (QED) is 0.477. The maximum absolute atomic E-state index is 3.97. The number of rotatable bonds is 0. The van der Waals surface area contributed by atoms with Gasteiger partial charge in [0.25, 0.3) is 0 Å². The number of nitrogens with one attached hydrogen (secondary N) is 1. The summed E-state index contributed by atoms with van der Waals surface area (Å²) in [6.45, 7) is 1.97. The van der Waals surface area contributed by atoms with E-state index in [4.69, 9.17) is 0 Å². The molecule has 0 aromatic carbocycles. The molecule has 1 saturated heterocycles. The third kappa shape index (κ3) is 0.419. The predicted molar refractivity (Wildman–Crippen MR) is 29.6 cm³/mol. The Morgan fingerprint density at radius 2 is 2.75 bits per heavy atom. The Hall–Kier alpha value is -0.700. The molecule has 0 aliphatic carbocycles. The van der Waals surface area contributed by atoms with E-state index in [-0.39, 0.29) is 0 Å². The summed E-state index contributed by atoms with van der Waals surface area (Å²) in [6, 6.07) is 0.384. The van der Waals surface area contributed by atoms with Crippen LogP contribution in [-0.2, 0) is 0 Å². The molecule has 0 bridgehead atoms. The molecule has 3 heteroatoms. The van der Waals surface area contributed by atoms with E-state index in [1.807, 2.05) is 6.20 Å². The van der Waals surface area contributed by atoms with Crippen molar-refractivity contribution in [2.45, 2.75) is 6.04 Å². The second kappa shape index (κ2) is 1.39. The first-order chi connectivity index (χ1) is 3.97. The van der Waals surface area contributed by atoms with Crippen LogP contribution in [0.25, 0.3) is 0 Å². The second-order valence-electron chi connectivity index (χ2n) is 2.08. The number of fused-ring (bicyclic) bond motifs is 1. The monoisotopic (exact) mass is 109 g/mol. The molecule has 1 atom stereocenters. The summed E-state index contributed by atoms with van der Waals surface area (Å²) in [7, 11) is 0. The van der Waals surface area contributed by atoms with Gasteiger partial charge in [0.15, 0.2) is 0 Å². The Bertz CT molecular complexity index is 159. The molecule has 0 radical (unpaired) electrons. The van der Waals surface area contributed by atoms with Crippen molar-refractivity contribution in [1.82, 2.24) is 5.32 Å². The molecule has 2 aliphatic heterocycles. The van der Waals surface area contributed by atoms with Crippen molar-refractivity contribution in [1.29, 1.82) is 0 Å². The van der Waals surface area contributed by atoms with E-state index < -0.39 is 0 Å². The van der Waals surface area contributed by atoms with Crippen molar-refractivity contribution < 1.29 is 0 Å². The first kappa shape index (κ1) is 4.21. The standard InChI is InChI=1S/C5H7N3/c1-4-2-7-8-5(4)3-6-1/h2,5-6H,1,3H2/t5-/m0/s1. The number of hydrogen-bond acceptors (Lipinski definition) is 3. The van der Waals surface area contributed by atoms with Crippen LogP contribution in [-0.4, -0.2) is 19.1 Å². The van der Waals surface area contributed by atoms with Crippen molar-refractivity contribution >= 4 is 0 Å². The van der Waals surface area contributed by atoms with E-state index in [2.05, 4.69) is 15.5 Å². The largest absolute Gasteiger partial charge is 0.310 e. The van der Waals surface area contributed by atoms with Crippen molar-refractivity contribution in [2.75, 3.05) is 13.1 Å². The minimum atomic E-state index is 0.384. The van der Waals surface area contributed by atoms with Crippen molar-refractivity contribution in [3.05, 3.63) is 11.8 Å². The Morgan fingerprint density at radius 1 is 1.75 bits per heavy atom. The van der Waals surface area contributed by atoms with Crippen LogP contribution < -0.4 is 5.32 Å². The maximum atomic E-state index is 3.97. The molecule has 2 heterocycles. The molecule has 2 rings (SSSR count). The first-order valence-corrected chi connectivity index (χ1v) is 2.76. The fourth-order valence-corrected chi connectivity index (χ4v) is 1.04. The molecule has 0 aromatic heterocycles. The van der Waals surface area contributed by atoms with Gasteiger partial charge in [-0.25, -0.2) is 0 Å². The molecule has 1 N–H and O–H groups in total. The average molecular weight is 109 g/mol. The van der Waals surface area contributed by atoms with Crippen molar-refractivity contribution in [2.24, 2.45) is 10.2 Å². The molecule has 3 nitrogen and oxygen atoms in total. The van der Waals surface area contributed by atoms with Crippen LogP contribution in [0.15, 0.2) is 22.0 Å². The van der Waals surface area contributed by atoms with E-state index in [0.29, 0.717) is 6.04 Å². The summed E-state index contributed by atoms with van der Waals surface area (Å²) >= 11 is 0. The van der Waals surface area contributed by atoms with Gasteiger partial charge in [0.05, 0.1) is 6.20 Å². The Balaban J connectivity index is 2.29. The van der Waals surface area contributed by atoms with Gasteiger partial charge in [0.2, 0.25) is 0 Å². The average Bonchev–Trinajstić information content (AvgIpc) is 2.15. The zero-order valence-corrected chi connectivity index (χ0v) is 4.46.